The predicted molar refractivity (Wildman–Crippen MR) is 88.1 cm³/mol. The summed E-state index contributed by atoms with van der Waals surface area (Å²) in [7, 11) is 0. The first-order chi connectivity index (χ1) is 8.69. The number of hydrogen-bond donors (Lipinski definition) is 1. The van der Waals surface area contributed by atoms with Crippen molar-refractivity contribution in [3.63, 3.8) is 0 Å². The third kappa shape index (κ3) is 5.24. The summed E-state index contributed by atoms with van der Waals surface area (Å²) in [6.45, 7) is 4.17. The van der Waals surface area contributed by atoms with Crippen LogP contribution in [0.5, 0.6) is 0 Å². The van der Waals surface area contributed by atoms with Crippen LogP contribution in [0.15, 0.2) is 22.7 Å². The average molecular weight is 368 g/mol. The van der Waals surface area contributed by atoms with E-state index in [1.807, 2.05) is 12.1 Å². The second kappa shape index (κ2) is 8.48. The zero-order valence-corrected chi connectivity index (χ0v) is 14.1. The summed E-state index contributed by atoms with van der Waals surface area (Å²) in [5, 5.41) is 0.783. The summed E-state index contributed by atoms with van der Waals surface area (Å²) in [6.07, 6.45) is 3.77. The molecule has 108 valence electrons. The summed E-state index contributed by atoms with van der Waals surface area (Å²) < 4.78 is 1.11. The van der Waals surface area contributed by atoms with Gasteiger partial charge in [-0.3, -0.25) is 4.90 Å². The number of halogens is 3. The Balaban J connectivity index is 0.00000180. The minimum atomic E-state index is 0. The van der Waals surface area contributed by atoms with Crippen LogP contribution < -0.4 is 5.73 Å². The van der Waals surface area contributed by atoms with Gasteiger partial charge in [-0.15, -0.1) is 12.4 Å². The Morgan fingerprint density at radius 3 is 2.89 bits per heavy atom. The number of hydrogen-bond acceptors (Lipinski definition) is 2. The maximum Gasteiger partial charge on any atom is 0.0417 e. The molecule has 0 amide bonds. The van der Waals surface area contributed by atoms with Crippen LogP contribution in [0.3, 0.4) is 0 Å². The summed E-state index contributed by atoms with van der Waals surface area (Å²) in [6, 6.07) is 6.04. The van der Waals surface area contributed by atoms with E-state index >= 15 is 0 Å². The highest BCUT2D eigenvalue weighted by atomic mass is 79.9. The molecule has 19 heavy (non-hydrogen) atoms. The van der Waals surface area contributed by atoms with E-state index in [9.17, 15) is 0 Å². The molecule has 2 rings (SSSR count). The SMILES string of the molecule is Cl.NCCC1CCCN(Cc2ccc(Cl)cc2Br)C1. The molecule has 1 heterocycles. The number of likely N-dealkylation sites (tertiary alicyclic amines) is 1. The largest absolute Gasteiger partial charge is 0.330 e. The van der Waals surface area contributed by atoms with E-state index in [1.54, 1.807) is 0 Å². The molecule has 1 aliphatic rings. The molecule has 0 bridgehead atoms. The molecule has 0 radical (unpaired) electrons. The van der Waals surface area contributed by atoms with E-state index in [0.29, 0.717) is 0 Å². The van der Waals surface area contributed by atoms with E-state index in [-0.39, 0.29) is 12.4 Å². The fourth-order valence-electron chi connectivity index (χ4n) is 2.66. The number of nitrogens with zero attached hydrogens (tertiary/aromatic N) is 1. The molecule has 0 aromatic heterocycles. The molecule has 1 saturated heterocycles. The lowest BCUT2D eigenvalue weighted by atomic mass is 9.94. The second-order valence-corrected chi connectivity index (χ2v) is 6.35. The van der Waals surface area contributed by atoms with E-state index in [0.717, 1.165) is 34.9 Å². The standard InChI is InChI=1S/C14H20BrClN2.ClH/c15-14-8-13(16)4-3-12(14)10-18-7-1-2-11(9-18)5-6-17;/h3-4,8,11H,1-2,5-7,9-10,17H2;1H. The normalized spacial score (nSPS) is 20.1. The predicted octanol–water partition coefficient (Wildman–Crippen LogP) is 4.09. The highest BCUT2D eigenvalue weighted by molar-refractivity contribution is 9.10. The van der Waals surface area contributed by atoms with Crippen molar-refractivity contribution in [2.75, 3.05) is 19.6 Å². The van der Waals surface area contributed by atoms with E-state index in [1.165, 1.54) is 31.5 Å². The zero-order chi connectivity index (χ0) is 13.0. The van der Waals surface area contributed by atoms with Gasteiger partial charge in [0.25, 0.3) is 0 Å². The van der Waals surface area contributed by atoms with Crippen LogP contribution in [0.25, 0.3) is 0 Å². The first kappa shape index (κ1) is 17.3. The number of rotatable bonds is 4. The van der Waals surface area contributed by atoms with Gasteiger partial charge < -0.3 is 5.73 Å². The van der Waals surface area contributed by atoms with Crippen LogP contribution in [0, 0.1) is 5.92 Å². The lowest BCUT2D eigenvalue weighted by Crippen LogP contribution is -2.35. The van der Waals surface area contributed by atoms with Gasteiger partial charge in [0.1, 0.15) is 0 Å². The van der Waals surface area contributed by atoms with Gasteiger partial charge in [0, 0.05) is 22.6 Å². The van der Waals surface area contributed by atoms with Crippen molar-refractivity contribution in [1.82, 2.24) is 4.90 Å². The fraction of sp³-hybridized carbons (Fsp3) is 0.571. The Bertz CT molecular complexity index is 399. The molecular weight excluding hydrogens is 347 g/mol. The van der Waals surface area contributed by atoms with Gasteiger partial charge >= 0.3 is 0 Å². The van der Waals surface area contributed by atoms with Gasteiger partial charge in [-0.2, -0.15) is 0 Å². The summed E-state index contributed by atoms with van der Waals surface area (Å²) in [5.74, 6) is 0.773. The first-order valence-electron chi connectivity index (χ1n) is 6.55. The highest BCUT2D eigenvalue weighted by Crippen LogP contribution is 2.25. The van der Waals surface area contributed by atoms with E-state index in [4.69, 9.17) is 17.3 Å². The van der Waals surface area contributed by atoms with Crippen LogP contribution in [0.4, 0.5) is 0 Å². The smallest absolute Gasteiger partial charge is 0.0417 e. The second-order valence-electron chi connectivity index (χ2n) is 5.06. The summed E-state index contributed by atoms with van der Waals surface area (Å²) in [4.78, 5) is 2.53. The van der Waals surface area contributed by atoms with Gasteiger partial charge in [0.05, 0.1) is 0 Å². The van der Waals surface area contributed by atoms with Crippen LogP contribution in [-0.4, -0.2) is 24.5 Å². The molecule has 2 N–H and O–H groups in total. The van der Waals surface area contributed by atoms with E-state index < -0.39 is 0 Å². The van der Waals surface area contributed by atoms with Crippen molar-refractivity contribution in [2.45, 2.75) is 25.8 Å². The summed E-state index contributed by atoms with van der Waals surface area (Å²) >= 11 is 9.56. The quantitative estimate of drug-likeness (QED) is 0.868. The van der Waals surface area contributed by atoms with Gasteiger partial charge in [-0.1, -0.05) is 33.6 Å². The maximum atomic E-state index is 5.97. The zero-order valence-electron chi connectivity index (χ0n) is 10.9. The monoisotopic (exact) mass is 366 g/mol. The summed E-state index contributed by atoms with van der Waals surface area (Å²) in [5.41, 5.74) is 6.97. The maximum absolute atomic E-state index is 5.97. The van der Waals surface area contributed by atoms with Gasteiger partial charge in [-0.25, -0.2) is 0 Å². The molecule has 0 spiro atoms. The Morgan fingerprint density at radius 1 is 1.42 bits per heavy atom. The van der Waals surface area contributed by atoms with Gasteiger partial charge in [-0.05, 0) is 56.0 Å². The Kier molecular flexibility index (Phi) is 7.70. The Hall–Kier alpha value is 0.200. The third-order valence-corrected chi connectivity index (χ3v) is 4.56. The van der Waals surface area contributed by atoms with Crippen LogP contribution in [0.2, 0.25) is 5.02 Å². The number of nitrogens with two attached hydrogens (primary N) is 1. The molecule has 5 heteroatoms. The Morgan fingerprint density at radius 2 is 2.21 bits per heavy atom. The molecule has 1 unspecified atom stereocenters. The number of benzene rings is 1. The van der Waals surface area contributed by atoms with Crippen molar-refractivity contribution in [2.24, 2.45) is 11.7 Å². The molecule has 2 nitrogen and oxygen atoms in total. The average Bonchev–Trinajstić information content (AvgIpc) is 2.34. The lowest BCUT2D eigenvalue weighted by molar-refractivity contribution is 0.163. The number of piperidine rings is 1. The molecule has 1 aromatic rings. The lowest BCUT2D eigenvalue weighted by Gasteiger charge is -2.32. The van der Waals surface area contributed by atoms with Crippen molar-refractivity contribution in [3.8, 4) is 0 Å². The van der Waals surface area contributed by atoms with Gasteiger partial charge in [0.2, 0.25) is 0 Å². The molecule has 1 aliphatic heterocycles. The molecule has 1 fully saturated rings. The van der Waals surface area contributed by atoms with E-state index in [2.05, 4.69) is 26.9 Å². The topological polar surface area (TPSA) is 29.3 Å². The molecule has 1 atom stereocenters. The molecular formula is C14H21BrCl2N2. The van der Waals surface area contributed by atoms with Crippen molar-refractivity contribution in [3.05, 3.63) is 33.3 Å². The van der Waals surface area contributed by atoms with Crippen LogP contribution in [0.1, 0.15) is 24.8 Å². The van der Waals surface area contributed by atoms with Crippen molar-refractivity contribution >= 4 is 39.9 Å². The molecule has 0 saturated carbocycles. The van der Waals surface area contributed by atoms with Crippen LogP contribution in [-0.2, 0) is 6.54 Å². The third-order valence-electron chi connectivity index (χ3n) is 3.59. The fourth-order valence-corrected chi connectivity index (χ4v) is 3.47. The Labute approximate surface area is 135 Å². The van der Waals surface area contributed by atoms with Crippen LogP contribution >= 0.6 is 39.9 Å². The minimum absolute atomic E-state index is 0. The first-order valence-corrected chi connectivity index (χ1v) is 7.72. The highest BCUT2D eigenvalue weighted by Gasteiger charge is 2.19. The molecule has 0 aliphatic carbocycles. The van der Waals surface area contributed by atoms with Crippen molar-refractivity contribution in [1.29, 1.82) is 0 Å². The molecule has 1 aromatic carbocycles. The minimum Gasteiger partial charge on any atom is -0.330 e. The van der Waals surface area contributed by atoms with Gasteiger partial charge in [0.15, 0.2) is 0 Å². The van der Waals surface area contributed by atoms with Crippen molar-refractivity contribution < 1.29 is 0 Å².